The third kappa shape index (κ3) is 3.17. The number of hydrogen-bond donors (Lipinski definition) is 1. The van der Waals surface area contributed by atoms with E-state index in [4.69, 9.17) is 11.6 Å². The van der Waals surface area contributed by atoms with Crippen LogP contribution in [0.15, 0.2) is 42.5 Å². The molecule has 0 unspecified atom stereocenters. The highest BCUT2D eigenvalue weighted by Gasteiger charge is 2.37. The van der Waals surface area contributed by atoms with Gasteiger partial charge in [0.1, 0.15) is 5.01 Å². The fraction of sp³-hybridized carbons (Fsp3) is 0.105. The van der Waals surface area contributed by atoms with Crippen molar-refractivity contribution in [3.05, 3.63) is 69.2 Å². The average Bonchev–Trinajstić information content (AvgIpc) is 3.25. The van der Waals surface area contributed by atoms with Crippen molar-refractivity contribution < 1.29 is 14.4 Å². The molecule has 140 valence electrons. The minimum Gasteiger partial charge on any atom is -0.296 e. The molecule has 0 saturated heterocycles. The van der Waals surface area contributed by atoms with Crippen molar-refractivity contribution in [3.63, 3.8) is 0 Å². The highest BCUT2D eigenvalue weighted by Crippen LogP contribution is 2.30. The average molecular weight is 413 g/mol. The number of benzene rings is 2. The molecule has 4 rings (SSSR count). The Bertz CT molecular complexity index is 1110. The zero-order valence-electron chi connectivity index (χ0n) is 14.6. The Labute approximate surface area is 169 Å². The third-order valence-corrected chi connectivity index (χ3v) is 5.46. The fourth-order valence-corrected chi connectivity index (χ4v) is 3.62. The van der Waals surface area contributed by atoms with Gasteiger partial charge in [0.05, 0.1) is 16.8 Å². The molecule has 2 heterocycles. The maximum atomic E-state index is 12.8. The van der Waals surface area contributed by atoms with Crippen LogP contribution >= 0.6 is 22.9 Å². The molecule has 0 radical (unpaired) electrons. The van der Waals surface area contributed by atoms with Gasteiger partial charge in [-0.3, -0.25) is 19.7 Å². The molecule has 0 atom stereocenters. The first-order valence-electron chi connectivity index (χ1n) is 8.40. The Balaban J connectivity index is 1.61. The van der Waals surface area contributed by atoms with Gasteiger partial charge in [0, 0.05) is 10.6 Å². The lowest BCUT2D eigenvalue weighted by molar-refractivity contribution is 0.0925. The predicted octanol–water partition coefficient (Wildman–Crippen LogP) is 3.81. The van der Waals surface area contributed by atoms with Gasteiger partial charge in [0.25, 0.3) is 17.7 Å². The number of amides is 3. The van der Waals surface area contributed by atoms with Crippen molar-refractivity contribution >= 4 is 51.5 Å². The van der Waals surface area contributed by atoms with E-state index in [1.54, 1.807) is 24.3 Å². The predicted molar refractivity (Wildman–Crippen MR) is 106 cm³/mol. The molecule has 28 heavy (non-hydrogen) atoms. The van der Waals surface area contributed by atoms with Crippen LogP contribution in [0.25, 0.3) is 0 Å². The van der Waals surface area contributed by atoms with E-state index in [2.05, 4.69) is 15.5 Å². The summed E-state index contributed by atoms with van der Waals surface area (Å²) in [5, 5.41) is 12.2. The van der Waals surface area contributed by atoms with E-state index in [-0.39, 0.29) is 16.7 Å². The maximum Gasteiger partial charge on any atom is 0.266 e. The van der Waals surface area contributed by atoms with E-state index >= 15 is 0 Å². The van der Waals surface area contributed by atoms with Gasteiger partial charge < -0.3 is 0 Å². The normalized spacial score (nSPS) is 13.0. The van der Waals surface area contributed by atoms with E-state index < -0.39 is 17.7 Å². The molecule has 0 bridgehead atoms. The molecular formula is C19H13ClN4O3S. The molecule has 0 spiro atoms. The summed E-state index contributed by atoms with van der Waals surface area (Å²) in [5.41, 5.74) is 1.11. The second kappa shape index (κ2) is 7.14. The molecule has 1 aromatic heterocycles. The number of fused-ring (bicyclic) bond motifs is 1. The number of anilines is 2. The second-order valence-corrected chi connectivity index (χ2v) is 7.49. The van der Waals surface area contributed by atoms with Gasteiger partial charge in [0.15, 0.2) is 0 Å². The number of hydrogen-bond acceptors (Lipinski definition) is 6. The van der Waals surface area contributed by atoms with Crippen LogP contribution in [0.3, 0.4) is 0 Å². The topological polar surface area (TPSA) is 92.3 Å². The molecule has 1 N–H and O–H groups in total. The number of aromatic nitrogens is 2. The summed E-state index contributed by atoms with van der Waals surface area (Å²) in [6.07, 6.45) is 0.726. The molecule has 1 aliphatic rings. The monoisotopic (exact) mass is 412 g/mol. The van der Waals surface area contributed by atoms with Crippen molar-refractivity contribution in [3.8, 4) is 0 Å². The third-order valence-electron chi connectivity index (χ3n) is 4.22. The van der Waals surface area contributed by atoms with Gasteiger partial charge in [-0.1, -0.05) is 29.9 Å². The van der Waals surface area contributed by atoms with E-state index in [0.29, 0.717) is 15.8 Å². The zero-order chi connectivity index (χ0) is 19.8. The number of aryl methyl sites for hydroxylation is 1. The Morgan fingerprint density at radius 1 is 1.07 bits per heavy atom. The number of nitrogens with one attached hydrogen (secondary N) is 1. The van der Waals surface area contributed by atoms with Gasteiger partial charge in [-0.2, -0.15) is 0 Å². The molecule has 9 heteroatoms. The van der Waals surface area contributed by atoms with Crippen molar-refractivity contribution in [2.45, 2.75) is 13.3 Å². The second-order valence-electron chi connectivity index (χ2n) is 5.99. The van der Waals surface area contributed by atoms with Gasteiger partial charge in [-0.15, -0.1) is 10.2 Å². The van der Waals surface area contributed by atoms with E-state index in [1.165, 1.54) is 29.5 Å². The molecule has 7 nitrogen and oxygen atoms in total. The Kier molecular flexibility index (Phi) is 4.66. The molecule has 0 saturated carbocycles. The number of nitrogens with zero attached hydrogens (tertiary/aromatic N) is 3. The van der Waals surface area contributed by atoms with Gasteiger partial charge in [-0.25, -0.2) is 4.90 Å². The zero-order valence-corrected chi connectivity index (χ0v) is 16.2. The lowest BCUT2D eigenvalue weighted by Crippen LogP contribution is -2.29. The van der Waals surface area contributed by atoms with Crippen molar-refractivity contribution in [2.75, 3.05) is 10.2 Å². The lowest BCUT2D eigenvalue weighted by atomic mass is 10.1. The first kappa shape index (κ1) is 18.3. The number of carbonyl (C=O) groups is 3. The van der Waals surface area contributed by atoms with Crippen molar-refractivity contribution in [1.82, 2.24) is 10.2 Å². The van der Waals surface area contributed by atoms with E-state index in [1.807, 2.05) is 6.92 Å². The smallest absolute Gasteiger partial charge is 0.266 e. The summed E-state index contributed by atoms with van der Waals surface area (Å²) in [6, 6.07) is 10.8. The summed E-state index contributed by atoms with van der Waals surface area (Å²) in [4.78, 5) is 39.0. The fourth-order valence-electron chi connectivity index (χ4n) is 2.82. The summed E-state index contributed by atoms with van der Waals surface area (Å²) in [7, 11) is 0. The maximum absolute atomic E-state index is 12.8. The van der Waals surface area contributed by atoms with E-state index in [0.717, 1.165) is 16.3 Å². The Morgan fingerprint density at radius 2 is 1.79 bits per heavy atom. The Hall–Kier alpha value is -3.10. The van der Waals surface area contributed by atoms with Gasteiger partial charge >= 0.3 is 0 Å². The molecule has 0 aliphatic carbocycles. The van der Waals surface area contributed by atoms with Crippen LogP contribution in [0.4, 0.5) is 10.8 Å². The minimum atomic E-state index is -0.485. The summed E-state index contributed by atoms with van der Waals surface area (Å²) >= 11 is 7.16. The van der Waals surface area contributed by atoms with Crippen LogP contribution in [-0.4, -0.2) is 27.9 Å². The van der Waals surface area contributed by atoms with Gasteiger partial charge in [0.2, 0.25) is 5.13 Å². The molecule has 0 fully saturated rings. The van der Waals surface area contributed by atoms with Crippen LogP contribution in [0.5, 0.6) is 0 Å². The quantitative estimate of drug-likeness (QED) is 0.658. The molecule has 3 aromatic rings. The van der Waals surface area contributed by atoms with Crippen LogP contribution in [0.1, 0.15) is 43.0 Å². The first-order chi connectivity index (χ1) is 13.5. The van der Waals surface area contributed by atoms with E-state index in [9.17, 15) is 14.4 Å². The van der Waals surface area contributed by atoms with Crippen molar-refractivity contribution in [2.24, 2.45) is 0 Å². The van der Waals surface area contributed by atoms with Crippen LogP contribution < -0.4 is 10.2 Å². The Morgan fingerprint density at radius 3 is 2.46 bits per heavy atom. The van der Waals surface area contributed by atoms with Gasteiger partial charge in [-0.05, 0) is 48.9 Å². The molecule has 2 aromatic carbocycles. The summed E-state index contributed by atoms with van der Waals surface area (Å²) < 4.78 is 0. The summed E-state index contributed by atoms with van der Waals surface area (Å²) in [6.45, 7) is 1.95. The highest BCUT2D eigenvalue weighted by molar-refractivity contribution is 7.15. The van der Waals surface area contributed by atoms with Crippen molar-refractivity contribution in [1.29, 1.82) is 0 Å². The number of carbonyl (C=O) groups excluding carboxylic acids is 3. The first-order valence-corrected chi connectivity index (χ1v) is 9.59. The SMILES string of the molecule is CCc1nnc(NC(=O)c2ccc3c(c2)C(=O)N(c2ccc(Cl)cc2)C3=O)s1. The minimum absolute atomic E-state index is 0.180. The number of imide groups is 1. The molecule has 3 amide bonds. The van der Waals surface area contributed by atoms with Crippen LogP contribution in [0, 0.1) is 0 Å². The lowest BCUT2D eigenvalue weighted by Gasteiger charge is -2.13. The molecular weight excluding hydrogens is 400 g/mol. The number of halogens is 1. The largest absolute Gasteiger partial charge is 0.296 e. The standard InChI is InChI=1S/C19H13ClN4O3S/c1-2-15-22-23-19(28-15)21-16(25)10-3-8-13-14(9-10)18(27)24(17(13)26)12-6-4-11(20)5-7-12/h3-9H,2H2,1H3,(H,21,23,25). The van der Waals surface area contributed by atoms with Crippen LogP contribution in [-0.2, 0) is 6.42 Å². The highest BCUT2D eigenvalue weighted by atomic mass is 35.5. The van der Waals surface area contributed by atoms with Crippen LogP contribution in [0.2, 0.25) is 5.02 Å². The molecule has 1 aliphatic heterocycles. The number of rotatable bonds is 4. The summed E-state index contributed by atoms with van der Waals surface area (Å²) in [5.74, 6) is -1.35.